The average molecular weight is 366 g/mol. The van der Waals surface area contributed by atoms with Crippen LogP contribution in [0.15, 0.2) is 64.2 Å². The summed E-state index contributed by atoms with van der Waals surface area (Å²) in [5, 5.41) is 9.41. The standard InChI is InChI=1S/C17H14N6S2/c1-2-23-15(13-10-6-7-11-18-13)20-21-16(23)24-17-19-14(22-25-17)12-8-4-3-5-9-12/h3-11H,2H2,1H3. The molecule has 0 aliphatic rings. The van der Waals surface area contributed by atoms with Gasteiger partial charge in [-0.2, -0.15) is 4.37 Å². The first kappa shape index (κ1) is 15.9. The van der Waals surface area contributed by atoms with Crippen molar-refractivity contribution in [2.45, 2.75) is 23.0 Å². The molecule has 4 aromatic rings. The van der Waals surface area contributed by atoms with Gasteiger partial charge >= 0.3 is 0 Å². The molecular weight excluding hydrogens is 352 g/mol. The van der Waals surface area contributed by atoms with E-state index in [0.717, 1.165) is 38.9 Å². The summed E-state index contributed by atoms with van der Waals surface area (Å²) in [6, 6.07) is 15.7. The Morgan fingerprint density at radius 2 is 1.88 bits per heavy atom. The van der Waals surface area contributed by atoms with Crippen LogP contribution in [0.1, 0.15) is 6.92 Å². The second kappa shape index (κ2) is 7.12. The molecule has 0 bridgehead atoms. The van der Waals surface area contributed by atoms with Crippen molar-refractivity contribution < 1.29 is 0 Å². The fourth-order valence-corrected chi connectivity index (χ4v) is 3.99. The zero-order valence-electron chi connectivity index (χ0n) is 13.4. The first-order chi connectivity index (χ1) is 12.3. The number of rotatable bonds is 5. The third-order valence-corrected chi connectivity index (χ3v) is 5.28. The lowest BCUT2D eigenvalue weighted by molar-refractivity contribution is 0.686. The Kier molecular flexibility index (Phi) is 4.53. The van der Waals surface area contributed by atoms with E-state index < -0.39 is 0 Å². The maximum absolute atomic E-state index is 4.61. The Balaban J connectivity index is 1.62. The molecule has 0 amide bonds. The Labute approximate surface area is 153 Å². The van der Waals surface area contributed by atoms with Crippen molar-refractivity contribution in [2.75, 3.05) is 0 Å². The van der Waals surface area contributed by atoms with Gasteiger partial charge in [-0.1, -0.05) is 36.4 Å². The first-order valence-corrected chi connectivity index (χ1v) is 9.35. The molecule has 1 aromatic carbocycles. The molecule has 0 radical (unpaired) electrons. The lowest BCUT2D eigenvalue weighted by atomic mass is 10.2. The Morgan fingerprint density at radius 3 is 2.64 bits per heavy atom. The molecule has 0 saturated carbocycles. The molecule has 0 aliphatic carbocycles. The SMILES string of the molecule is CCn1c(Sc2nc(-c3ccccc3)ns2)nnc1-c1ccccn1. The highest BCUT2D eigenvalue weighted by Gasteiger charge is 2.16. The monoisotopic (exact) mass is 366 g/mol. The van der Waals surface area contributed by atoms with Gasteiger partial charge in [0.25, 0.3) is 0 Å². The predicted octanol–water partition coefficient (Wildman–Crippen LogP) is 4.03. The Bertz CT molecular complexity index is 965. The Morgan fingerprint density at radius 1 is 1.04 bits per heavy atom. The quantitative estimate of drug-likeness (QED) is 0.531. The molecule has 0 saturated heterocycles. The van der Waals surface area contributed by atoms with Gasteiger partial charge in [0.2, 0.25) is 0 Å². The van der Waals surface area contributed by atoms with Crippen molar-refractivity contribution in [2.24, 2.45) is 0 Å². The maximum Gasteiger partial charge on any atom is 0.198 e. The van der Waals surface area contributed by atoms with Crippen LogP contribution in [0.4, 0.5) is 0 Å². The summed E-state index contributed by atoms with van der Waals surface area (Å²) in [5.41, 5.74) is 1.82. The van der Waals surface area contributed by atoms with Crippen LogP contribution < -0.4 is 0 Å². The predicted molar refractivity (Wildman–Crippen MR) is 98.4 cm³/mol. The lowest BCUT2D eigenvalue weighted by Crippen LogP contribution is -2.00. The normalized spacial score (nSPS) is 10.9. The van der Waals surface area contributed by atoms with Crippen LogP contribution in [0.25, 0.3) is 22.9 Å². The van der Waals surface area contributed by atoms with Crippen molar-refractivity contribution in [3.8, 4) is 22.9 Å². The molecule has 8 heteroatoms. The smallest absolute Gasteiger partial charge is 0.198 e. The minimum Gasteiger partial charge on any atom is -0.301 e. The molecule has 6 nitrogen and oxygen atoms in total. The van der Waals surface area contributed by atoms with E-state index in [1.165, 1.54) is 23.3 Å². The van der Waals surface area contributed by atoms with Gasteiger partial charge in [-0.3, -0.25) is 4.98 Å². The molecule has 0 fully saturated rings. The lowest BCUT2D eigenvalue weighted by Gasteiger charge is -2.05. The summed E-state index contributed by atoms with van der Waals surface area (Å²) in [5.74, 6) is 1.50. The number of benzene rings is 1. The van der Waals surface area contributed by atoms with Gasteiger partial charge in [-0.25, -0.2) is 4.98 Å². The first-order valence-electron chi connectivity index (χ1n) is 7.76. The van der Waals surface area contributed by atoms with Gasteiger partial charge < -0.3 is 4.57 Å². The molecule has 0 spiro atoms. The summed E-state index contributed by atoms with van der Waals surface area (Å²) in [6.45, 7) is 2.82. The molecule has 0 atom stereocenters. The van der Waals surface area contributed by atoms with Gasteiger partial charge in [-0.05, 0) is 42.4 Å². The average Bonchev–Trinajstić information content (AvgIpc) is 3.30. The second-order valence-corrected chi connectivity index (χ2v) is 7.08. The molecule has 3 aromatic heterocycles. The molecule has 0 N–H and O–H groups in total. The minimum atomic E-state index is 0.737. The fraction of sp³-hybridized carbons (Fsp3) is 0.118. The number of aromatic nitrogens is 6. The number of hydrogen-bond acceptors (Lipinski definition) is 7. The summed E-state index contributed by atoms with van der Waals surface area (Å²) >= 11 is 2.84. The van der Waals surface area contributed by atoms with E-state index in [1.807, 2.05) is 53.1 Å². The summed E-state index contributed by atoms with van der Waals surface area (Å²) in [6.07, 6.45) is 1.76. The van der Waals surface area contributed by atoms with Crippen molar-refractivity contribution in [1.29, 1.82) is 0 Å². The van der Waals surface area contributed by atoms with E-state index in [0.29, 0.717) is 0 Å². The van der Waals surface area contributed by atoms with E-state index in [-0.39, 0.29) is 0 Å². The van der Waals surface area contributed by atoms with Gasteiger partial charge in [0.15, 0.2) is 21.1 Å². The van der Waals surface area contributed by atoms with E-state index in [9.17, 15) is 0 Å². The van der Waals surface area contributed by atoms with Crippen LogP contribution in [0, 0.1) is 0 Å². The fourth-order valence-electron chi connectivity index (χ4n) is 2.37. The Hall–Kier alpha value is -2.58. The second-order valence-electron chi connectivity index (χ2n) is 5.12. The summed E-state index contributed by atoms with van der Waals surface area (Å²) < 4.78 is 7.32. The van der Waals surface area contributed by atoms with Crippen molar-refractivity contribution >= 4 is 23.3 Å². The zero-order chi connectivity index (χ0) is 17.1. The molecule has 3 heterocycles. The van der Waals surface area contributed by atoms with Gasteiger partial charge in [0.05, 0.1) is 0 Å². The van der Waals surface area contributed by atoms with E-state index >= 15 is 0 Å². The van der Waals surface area contributed by atoms with E-state index in [4.69, 9.17) is 0 Å². The highest BCUT2D eigenvalue weighted by molar-refractivity contribution is 8.00. The third kappa shape index (κ3) is 3.31. The van der Waals surface area contributed by atoms with Crippen LogP contribution in [-0.4, -0.2) is 29.1 Å². The minimum absolute atomic E-state index is 0.737. The van der Waals surface area contributed by atoms with Crippen molar-refractivity contribution in [3.63, 3.8) is 0 Å². The molecule has 4 rings (SSSR count). The number of nitrogens with zero attached hydrogens (tertiary/aromatic N) is 6. The molecule has 0 aliphatic heterocycles. The maximum atomic E-state index is 4.61. The molecule has 0 unspecified atom stereocenters. The van der Waals surface area contributed by atoms with E-state index in [2.05, 4.69) is 31.5 Å². The third-order valence-electron chi connectivity index (χ3n) is 3.55. The van der Waals surface area contributed by atoms with Crippen LogP contribution in [-0.2, 0) is 6.54 Å². The van der Waals surface area contributed by atoms with Crippen LogP contribution in [0.5, 0.6) is 0 Å². The van der Waals surface area contributed by atoms with Gasteiger partial charge in [-0.15, -0.1) is 10.2 Å². The van der Waals surface area contributed by atoms with Crippen molar-refractivity contribution in [1.82, 2.24) is 29.1 Å². The van der Waals surface area contributed by atoms with Gasteiger partial charge in [0, 0.05) is 18.3 Å². The topological polar surface area (TPSA) is 69.4 Å². The van der Waals surface area contributed by atoms with Crippen LogP contribution >= 0.6 is 23.3 Å². The molecule has 124 valence electrons. The largest absolute Gasteiger partial charge is 0.301 e. The van der Waals surface area contributed by atoms with Gasteiger partial charge in [0.1, 0.15) is 5.69 Å². The highest BCUT2D eigenvalue weighted by Crippen LogP contribution is 2.31. The van der Waals surface area contributed by atoms with Crippen LogP contribution in [0.2, 0.25) is 0 Å². The zero-order valence-corrected chi connectivity index (χ0v) is 15.0. The number of hydrogen-bond donors (Lipinski definition) is 0. The molecular formula is C17H14N6S2. The summed E-state index contributed by atoms with van der Waals surface area (Å²) in [7, 11) is 0. The highest BCUT2D eigenvalue weighted by atomic mass is 32.2. The molecule has 25 heavy (non-hydrogen) atoms. The van der Waals surface area contributed by atoms with E-state index in [1.54, 1.807) is 6.20 Å². The van der Waals surface area contributed by atoms with Crippen LogP contribution in [0.3, 0.4) is 0 Å². The van der Waals surface area contributed by atoms with Crippen molar-refractivity contribution in [3.05, 3.63) is 54.7 Å². The summed E-state index contributed by atoms with van der Waals surface area (Å²) in [4.78, 5) is 8.97. The number of pyridine rings is 1.